The predicted molar refractivity (Wildman–Crippen MR) is 53.3 cm³/mol. The summed E-state index contributed by atoms with van der Waals surface area (Å²) in [5.74, 6) is 0.916. The molecule has 0 aliphatic heterocycles. The van der Waals surface area contributed by atoms with E-state index in [9.17, 15) is 4.79 Å². The first kappa shape index (κ1) is 10.1. The summed E-state index contributed by atoms with van der Waals surface area (Å²) in [6.45, 7) is 1.95. The molecule has 1 atom stereocenters. The van der Waals surface area contributed by atoms with E-state index in [1.807, 2.05) is 6.92 Å². The summed E-state index contributed by atoms with van der Waals surface area (Å²) >= 11 is 5.56. The number of anilines is 1. The standard InChI is InChI=1S/C8H12ClN3O/c1-6(2-3-9)12-7-8(13)11-5-4-10-7/h4-6H,2-3H2,1H3,(H,10,12)(H,11,13). The summed E-state index contributed by atoms with van der Waals surface area (Å²) in [7, 11) is 0. The number of H-pyrrole nitrogens is 1. The summed E-state index contributed by atoms with van der Waals surface area (Å²) in [5.41, 5.74) is -0.205. The molecule has 4 nitrogen and oxygen atoms in total. The zero-order valence-electron chi connectivity index (χ0n) is 7.38. The maximum absolute atomic E-state index is 11.1. The average Bonchev–Trinajstić information content (AvgIpc) is 2.09. The Morgan fingerprint density at radius 2 is 2.54 bits per heavy atom. The van der Waals surface area contributed by atoms with Crippen LogP contribution in [0.15, 0.2) is 17.2 Å². The highest BCUT2D eigenvalue weighted by molar-refractivity contribution is 6.17. The normalized spacial score (nSPS) is 12.5. The molecular weight excluding hydrogens is 190 g/mol. The van der Waals surface area contributed by atoms with Crippen LogP contribution in [0.4, 0.5) is 5.82 Å². The number of nitrogens with zero attached hydrogens (tertiary/aromatic N) is 1. The van der Waals surface area contributed by atoms with Gasteiger partial charge in [-0.05, 0) is 13.3 Å². The summed E-state index contributed by atoms with van der Waals surface area (Å²) in [6, 6.07) is 0.161. The van der Waals surface area contributed by atoms with Crippen LogP contribution in [0, 0.1) is 0 Å². The van der Waals surface area contributed by atoms with Crippen molar-refractivity contribution in [1.29, 1.82) is 0 Å². The van der Waals surface area contributed by atoms with Gasteiger partial charge < -0.3 is 10.3 Å². The van der Waals surface area contributed by atoms with Gasteiger partial charge in [0.05, 0.1) is 0 Å². The molecule has 5 heteroatoms. The molecule has 0 saturated carbocycles. The van der Waals surface area contributed by atoms with E-state index in [1.54, 1.807) is 0 Å². The molecule has 13 heavy (non-hydrogen) atoms. The van der Waals surface area contributed by atoms with Crippen molar-refractivity contribution in [1.82, 2.24) is 9.97 Å². The molecule has 0 radical (unpaired) electrons. The molecule has 0 amide bonds. The quantitative estimate of drug-likeness (QED) is 0.720. The lowest BCUT2D eigenvalue weighted by Gasteiger charge is -2.11. The Kier molecular flexibility index (Phi) is 3.76. The summed E-state index contributed by atoms with van der Waals surface area (Å²) in [6.07, 6.45) is 3.84. The van der Waals surface area contributed by atoms with Crippen molar-refractivity contribution in [2.75, 3.05) is 11.2 Å². The third kappa shape index (κ3) is 3.06. The van der Waals surface area contributed by atoms with Gasteiger partial charge >= 0.3 is 0 Å². The number of aromatic nitrogens is 2. The predicted octanol–water partition coefficient (Wildman–Crippen LogP) is 1.20. The van der Waals surface area contributed by atoms with Crippen LogP contribution in [0.1, 0.15) is 13.3 Å². The Bertz CT molecular complexity index is 312. The largest absolute Gasteiger partial charge is 0.363 e. The summed E-state index contributed by atoms with van der Waals surface area (Å²) in [5, 5.41) is 2.97. The van der Waals surface area contributed by atoms with Crippen molar-refractivity contribution in [3.05, 3.63) is 22.7 Å². The number of nitrogens with one attached hydrogen (secondary N) is 2. The van der Waals surface area contributed by atoms with Crippen LogP contribution >= 0.6 is 11.6 Å². The zero-order chi connectivity index (χ0) is 9.68. The molecule has 1 aromatic heterocycles. The van der Waals surface area contributed by atoms with Crippen LogP contribution < -0.4 is 10.9 Å². The van der Waals surface area contributed by atoms with Crippen molar-refractivity contribution in [2.24, 2.45) is 0 Å². The van der Waals surface area contributed by atoms with Crippen LogP contribution in [-0.4, -0.2) is 21.9 Å². The van der Waals surface area contributed by atoms with Crippen LogP contribution in [0.25, 0.3) is 0 Å². The molecule has 1 aromatic rings. The van der Waals surface area contributed by atoms with Gasteiger partial charge in [-0.2, -0.15) is 0 Å². The highest BCUT2D eigenvalue weighted by Crippen LogP contribution is 1.99. The Morgan fingerprint density at radius 3 is 3.15 bits per heavy atom. The minimum atomic E-state index is -0.205. The maximum Gasteiger partial charge on any atom is 0.290 e. The van der Waals surface area contributed by atoms with Crippen molar-refractivity contribution in [3.8, 4) is 0 Å². The number of rotatable bonds is 4. The smallest absolute Gasteiger partial charge is 0.290 e. The van der Waals surface area contributed by atoms with E-state index < -0.39 is 0 Å². The van der Waals surface area contributed by atoms with Crippen LogP contribution in [-0.2, 0) is 0 Å². The fraction of sp³-hybridized carbons (Fsp3) is 0.500. The third-order valence-electron chi connectivity index (χ3n) is 1.63. The van der Waals surface area contributed by atoms with Gasteiger partial charge in [0, 0.05) is 24.3 Å². The van der Waals surface area contributed by atoms with E-state index in [4.69, 9.17) is 11.6 Å². The molecule has 0 aromatic carbocycles. The highest BCUT2D eigenvalue weighted by atomic mass is 35.5. The van der Waals surface area contributed by atoms with Gasteiger partial charge in [0.1, 0.15) is 0 Å². The lowest BCUT2D eigenvalue weighted by Crippen LogP contribution is -2.23. The number of hydrogen-bond donors (Lipinski definition) is 2. The molecule has 0 bridgehead atoms. The van der Waals surface area contributed by atoms with Gasteiger partial charge in [-0.1, -0.05) is 0 Å². The molecule has 0 aliphatic rings. The topological polar surface area (TPSA) is 57.8 Å². The Labute approximate surface area is 81.3 Å². The maximum atomic E-state index is 11.1. The first-order chi connectivity index (χ1) is 6.24. The second kappa shape index (κ2) is 4.87. The highest BCUT2D eigenvalue weighted by Gasteiger charge is 2.04. The molecule has 0 aliphatic carbocycles. The number of halogens is 1. The number of alkyl halides is 1. The first-order valence-electron chi connectivity index (χ1n) is 4.10. The summed E-state index contributed by atoms with van der Waals surface area (Å²) in [4.78, 5) is 17.6. The van der Waals surface area contributed by atoms with Crippen LogP contribution in [0.5, 0.6) is 0 Å². The Morgan fingerprint density at radius 1 is 1.77 bits per heavy atom. The van der Waals surface area contributed by atoms with E-state index in [-0.39, 0.29) is 11.6 Å². The average molecular weight is 202 g/mol. The van der Waals surface area contributed by atoms with Crippen LogP contribution in [0.3, 0.4) is 0 Å². The van der Waals surface area contributed by atoms with Crippen LogP contribution in [0.2, 0.25) is 0 Å². The van der Waals surface area contributed by atoms with Gasteiger partial charge in [-0.25, -0.2) is 4.98 Å². The number of aromatic amines is 1. The van der Waals surface area contributed by atoms with Gasteiger partial charge in [0.25, 0.3) is 5.56 Å². The van der Waals surface area contributed by atoms with E-state index >= 15 is 0 Å². The number of hydrogen-bond acceptors (Lipinski definition) is 3. The fourth-order valence-corrected chi connectivity index (χ4v) is 1.25. The molecule has 2 N–H and O–H groups in total. The van der Waals surface area contributed by atoms with Crippen molar-refractivity contribution in [2.45, 2.75) is 19.4 Å². The molecule has 1 unspecified atom stereocenters. The molecule has 72 valence electrons. The van der Waals surface area contributed by atoms with Crippen molar-refractivity contribution >= 4 is 17.4 Å². The van der Waals surface area contributed by atoms with Gasteiger partial charge in [-0.3, -0.25) is 4.79 Å². The van der Waals surface area contributed by atoms with E-state index in [0.717, 1.165) is 6.42 Å². The second-order valence-electron chi connectivity index (χ2n) is 2.79. The van der Waals surface area contributed by atoms with E-state index in [2.05, 4.69) is 15.3 Å². The SMILES string of the molecule is CC(CCCl)Nc1ncc[nH]c1=O. The molecule has 1 rings (SSSR count). The van der Waals surface area contributed by atoms with Crippen molar-refractivity contribution < 1.29 is 0 Å². The van der Waals surface area contributed by atoms with Gasteiger partial charge in [-0.15, -0.1) is 11.6 Å². The fourth-order valence-electron chi connectivity index (χ4n) is 0.924. The monoisotopic (exact) mass is 201 g/mol. The van der Waals surface area contributed by atoms with E-state index in [0.29, 0.717) is 11.7 Å². The minimum absolute atomic E-state index is 0.161. The lowest BCUT2D eigenvalue weighted by atomic mass is 10.2. The van der Waals surface area contributed by atoms with Crippen molar-refractivity contribution in [3.63, 3.8) is 0 Å². The molecule has 0 fully saturated rings. The summed E-state index contributed by atoms with van der Waals surface area (Å²) < 4.78 is 0. The Balaban J connectivity index is 2.63. The van der Waals surface area contributed by atoms with E-state index in [1.165, 1.54) is 12.4 Å². The molecule has 0 saturated heterocycles. The molecule has 0 spiro atoms. The molecular formula is C8H12ClN3O. The zero-order valence-corrected chi connectivity index (χ0v) is 8.14. The Hall–Kier alpha value is -1.03. The lowest BCUT2D eigenvalue weighted by molar-refractivity contribution is 0.760. The third-order valence-corrected chi connectivity index (χ3v) is 1.85. The van der Waals surface area contributed by atoms with Gasteiger partial charge in [0.2, 0.25) is 0 Å². The van der Waals surface area contributed by atoms with Gasteiger partial charge in [0.15, 0.2) is 5.82 Å². The second-order valence-corrected chi connectivity index (χ2v) is 3.17. The first-order valence-corrected chi connectivity index (χ1v) is 4.63. The molecule has 1 heterocycles. The minimum Gasteiger partial charge on any atom is -0.363 e.